The van der Waals surface area contributed by atoms with Gasteiger partial charge in [0.1, 0.15) is 35.5 Å². The number of nitrogens with zero attached hydrogens (tertiary/aromatic N) is 3. The Morgan fingerprint density at radius 1 is 1.27 bits per heavy atom. The molecule has 2 aromatic carbocycles. The molecule has 4 aromatic rings. The molecule has 0 fully saturated rings. The molecule has 152 valence electrons. The Morgan fingerprint density at radius 2 is 2.00 bits per heavy atom. The lowest BCUT2D eigenvalue weighted by Crippen LogP contribution is -2.09. The molecule has 0 unspecified atom stereocenters. The normalized spacial score (nSPS) is 11.0. The molecule has 2 aromatic heterocycles. The largest absolute Gasteiger partial charge is 0.501 e. The van der Waals surface area contributed by atoms with Crippen LogP contribution in [0.2, 0.25) is 0 Å². The van der Waals surface area contributed by atoms with Crippen molar-refractivity contribution in [2.24, 2.45) is 7.05 Å². The molecule has 2 N–H and O–H groups in total. The van der Waals surface area contributed by atoms with E-state index in [0.29, 0.717) is 5.56 Å². The van der Waals surface area contributed by atoms with Crippen molar-refractivity contribution in [3.8, 4) is 23.1 Å². The first kappa shape index (κ1) is 19.1. The highest BCUT2D eigenvalue weighted by atomic mass is 19.1. The number of fused-ring (bicyclic) bond motifs is 1. The molecule has 0 spiro atoms. The van der Waals surface area contributed by atoms with E-state index in [0.717, 1.165) is 12.1 Å². The van der Waals surface area contributed by atoms with E-state index in [9.17, 15) is 24.2 Å². The van der Waals surface area contributed by atoms with Crippen LogP contribution < -0.4 is 10.2 Å². The van der Waals surface area contributed by atoms with Gasteiger partial charge in [-0.2, -0.15) is 5.10 Å². The van der Waals surface area contributed by atoms with E-state index in [1.54, 1.807) is 0 Å². The fraction of sp³-hybridized carbons (Fsp3) is 0.100. The van der Waals surface area contributed by atoms with E-state index >= 15 is 0 Å². The van der Waals surface area contributed by atoms with Crippen LogP contribution in [0.5, 0.6) is 11.5 Å². The van der Waals surface area contributed by atoms with Crippen LogP contribution >= 0.6 is 0 Å². The molecular weight excluding hydrogens is 397 g/mol. The number of carbonyl (C=O) groups is 1. The van der Waals surface area contributed by atoms with Crippen molar-refractivity contribution in [3.63, 3.8) is 0 Å². The van der Waals surface area contributed by atoms with Gasteiger partial charge in [-0.05, 0) is 29.8 Å². The van der Waals surface area contributed by atoms with Gasteiger partial charge in [-0.15, -0.1) is 0 Å². The number of aryl methyl sites for hydroxylation is 1. The van der Waals surface area contributed by atoms with Crippen LogP contribution in [0.3, 0.4) is 0 Å². The quantitative estimate of drug-likeness (QED) is 0.513. The molecule has 10 heteroatoms. The van der Waals surface area contributed by atoms with Crippen LogP contribution in [0, 0.1) is 5.82 Å². The Hall–Kier alpha value is -4.21. The second-order valence-corrected chi connectivity index (χ2v) is 6.38. The summed E-state index contributed by atoms with van der Waals surface area (Å²) in [5.41, 5.74) is -0.519. The average Bonchev–Trinajstić information content (AvgIpc) is 3.15. The lowest BCUT2D eigenvalue weighted by atomic mass is 10.1. The summed E-state index contributed by atoms with van der Waals surface area (Å²) in [4.78, 5) is 28.3. The Bertz CT molecular complexity index is 1330. The number of benzene rings is 2. The summed E-state index contributed by atoms with van der Waals surface area (Å²) in [6.07, 6.45) is 1.21. The lowest BCUT2D eigenvalue weighted by Gasteiger charge is -2.12. The number of aromatic hydroxyl groups is 1. The smallest absolute Gasteiger partial charge is 0.335 e. The molecule has 30 heavy (non-hydrogen) atoms. The molecule has 0 atom stereocenters. The van der Waals surface area contributed by atoms with E-state index in [-0.39, 0.29) is 40.5 Å². The first-order chi connectivity index (χ1) is 14.3. The number of aromatic nitrogens is 3. The molecule has 2 heterocycles. The zero-order chi connectivity index (χ0) is 21.4. The maximum atomic E-state index is 13.1. The van der Waals surface area contributed by atoms with Gasteiger partial charge in [0.05, 0.1) is 5.56 Å². The number of rotatable bonds is 5. The molecule has 0 radical (unpaired) electrons. The molecule has 0 bridgehead atoms. The van der Waals surface area contributed by atoms with Crippen molar-refractivity contribution in [3.05, 3.63) is 69.9 Å². The third-order valence-corrected chi connectivity index (χ3v) is 4.40. The molecule has 4 rings (SSSR count). The number of ether oxygens (including phenoxy) is 1. The van der Waals surface area contributed by atoms with Gasteiger partial charge in [0, 0.05) is 7.05 Å². The topological polar surface area (TPSA) is 128 Å². The fourth-order valence-corrected chi connectivity index (χ4v) is 2.91. The number of carboxylic acid groups (broad SMARTS) is 1. The average molecular weight is 411 g/mol. The van der Waals surface area contributed by atoms with Crippen molar-refractivity contribution >= 4 is 16.9 Å². The standard InChI is InChI=1S/C20H14FN3O6/c1-24-19(22-9-23-24)18-17(26)16(25)15-13(6-11(20(27)28)7-14(15)30-18)29-8-10-2-4-12(21)5-3-10/h2-7,9,26H,8H2,1H3,(H,27,28). The highest BCUT2D eigenvalue weighted by Gasteiger charge is 2.23. The summed E-state index contributed by atoms with van der Waals surface area (Å²) < 4.78 is 25.6. The Labute approximate surface area is 167 Å². The summed E-state index contributed by atoms with van der Waals surface area (Å²) in [5.74, 6) is -2.66. The first-order valence-electron chi connectivity index (χ1n) is 8.64. The predicted molar refractivity (Wildman–Crippen MR) is 102 cm³/mol. The number of halogens is 1. The van der Waals surface area contributed by atoms with Gasteiger partial charge >= 0.3 is 5.97 Å². The van der Waals surface area contributed by atoms with Crippen LogP contribution in [-0.2, 0) is 13.7 Å². The zero-order valence-corrected chi connectivity index (χ0v) is 15.5. The van der Waals surface area contributed by atoms with E-state index in [1.807, 2.05) is 0 Å². The third kappa shape index (κ3) is 3.34. The number of aromatic carboxylic acids is 1. The number of carboxylic acids is 1. The van der Waals surface area contributed by atoms with Crippen LogP contribution in [0.15, 0.2) is 51.9 Å². The molecule has 0 amide bonds. The molecule has 0 saturated carbocycles. The monoisotopic (exact) mass is 411 g/mol. The molecular formula is C20H14FN3O6. The molecule has 0 saturated heterocycles. The summed E-state index contributed by atoms with van der Waals surface area (Å²) >= 11 is 0. The third-order valence-electron chi connectivity index (χ3n) is 4.40. The first-order valence-corrected chi connectivity index (χ1v) is 8.64. The summed E-state index contributed by atoms with van der Waals surface area (Å²) in [6, 6.07) is 7.79. The number of hydrogen-bond acceptors (Lipinski definition) is 7. The van der Waals surface area contributed by atoms with E-state index in [2.05, 4.69) is 10.1 Å². The van der Waals surface area contributed by atoms with Gasteiger partial charge in [-0.25, -0.2) is 18.9 Å². The minimum absolute atomic E-state index is 0.0658. The van der Waals surface area contributed by atoms with Crippen molar-refractivity contribution in [1.29, 1.82) is 0 Å². The lowest BCUT2D eigenvalue weighted by molar-refractivity contribution is 0.0696. The number of hydrogen-bond donors (Lipinski definition) is 2. The molecule has 0 aliphatic heterocycles. The maximum absolute atomic E-state index is 13.1. The van der Waals surface area contributed by atoms with Gasteiger partial charge in [0.25, 0.3) is 0 Å². The van der Waals surface area contributed by atoms with Gasteiger partial charge in [0.15, 0.2) is 5.82 Å². The Kier molecular flexibility index (Phi) is 4.66. The van der Waals surface area contributed by atoms with E-state index in [1.165, 1.54) is 42.3 Å². The Morgan fingerprint density at radius 3 is 2.63 bits per heavy atom. The highest BCUT2D eigenvalue weighted by Crippen LogP contribution is 2.33. The molecule has 0 aliphatic carbocycles. The second-order valence-electron chi connectivity index (χ2n) is 6.38. The van der Waals surface area contributed by atoms with Crippen LogP contribution in [0.1, 0.15) is 15.9 Å². The Balaban J connectivity index is 1.87. The van der Waals surface area contributed by atoms with Crippen LogP contribution in [0.25, 0.3) is 22.6 Å². The zero-order valence-electron chi connectivity index (χ0n) is 15.5. The van der Waals surface area contributed by atoms with Crippen molar-refractivity contribution in [2.45, 2.75) is 6.61 Å². The van der Waals surface area contributed by atoms with Crippen LogP contribution in [-0.4, -0.2) is 30.9 Å². The predicted octanol–water partition coefficient (Wildman–Crippen LogP) is 2.71. The van der Waals surface area contributed by atoms with Gasteiger partial charge in [-0.1, -0.05) is 12.1 Å². The summed E-state index contributed by atoms with van der Waals surface area (Å²) in [6.45, 7) is -0.0658. The second kappa shape index (κ2) is 7.32. The van der Waals surface area contributed by atoms with Crippen molar-refractivity contribution in [1.82, 2.24) is 14.8 Å². The fourth-order valence-electron chi connectivity index (χ4n) is 2.91. The van der Waals surface area contributed by atoms with Gasteiger partial charge < -0.3 is 19.4 Å². The van der Waals surface area contributed by atoms with Crippen LogP contribution in [0.4, 0.5) is 4.39 Å². The van der Waals surface area contributed by atoms with E-state index in [4.69, 9.17) is 9.15 Å². The SMILES string of the molecule is Cn1ncnc1-c1oc2cc(C(=O)O)cc(OCc3ccc(F)cc3)c2c(=O)c1O. The molecule has 9 nitrogen and oxygen atoms in total. The van der Waals surface area contributed by atoms with E-state index < -0.39 is 23.0 Å². The van der Waals surface area contributed by atoms with Crippen molar-refractivity contribution < 1.29 is 28.6 Å². The van der Waals surface area contributed by atoms with Gasteiger partial charge in [0.2, 0.25) is 16.9 Å². The molecule has 0 aliphatic rings. The highest BCUT2D eigenvalue weighted by molar-refractivity contribution is 5.96. The summed E-state index contributed by atoms with van der Waals surface area (Å²) in [7, 11) is 1.54. The summed E-state index contributed by atoms with van der Waals surface area (Å²) in [5, 5.41) is 23.6. The maximum Gasteiger partial charge on any atom is 0.335 e. The minimum atomic E-state index is -1.26. The minimum Gasteiger partial charge on any atom is -0.501 e. The van der Waals surface area contributed by atoms with Gasteiger partial charge in [-0.3, -0.25) is 4.79 Å². The van der Waals surface area contributed by atoms with Crippen molar-refractivity contribution in [2.75, 3.05) is 0 Å².